The Bertz CT molecular complexity index is 750. The first-order valence-corrected chi connectivity index (χ1v) is 8.80. The second-order valence-corrected chi connectivity index (χ2v) is 7.35. The minimum absolute atomic E-state index is 0.0425. The maximum atomic E-state index is 12.3. The monoisotopic (exact) mass is 371 g/mol. The molecule has 2 aromatic carbocycles. The zero-order valence-electron chi connectivity index (χ0n) is 11.6. The number of aryl methyl sites for hydroxylation is 1. The number of thioether (sulfide) groups is 1. The summed E-state index contributed by atoms with van der Waals surface area (Å²) in [5, 5.41) is 1.61. The van der Waals surface area contributed by atoms with E-state index in [1.54, 1.807) is 28.8 Å². The summed E-state index contributed by atoms with van der Waals surface area (Å²) in [7, 11) is 0. The second-order valence-electron chi connectivity index (χ2n) is 5.03. The molecule has 1 amide bonds. The summed E-state index contributed by atoms with van der Waals surface area (Å²) in [6, 6.07) is 11.0. The molecular formula is C16H12Cl3NOS. The van der Waals surface area contributed by atoms with E-state index >= 15 is 0 Å². The van der Waals surface area contributed by atoms with Crippen LogP contribution in [0.5, 0.6) is 0 Å². The minimum atomic E-state index is -0.170. The standard InChI is InChI=1S/C16H12Cl3NOS/c1-9-2-4-11(7-13(9)18)20-15(21)8-22-16(20)12-5-3-10(17)6-14(12)19/h2-7,16H,8H2,1H3/t16-/m1/s1. The highest BCUT2D eigenvalue weighted by atomic mass is 35.5. The molecule has 3 rings (SSSR count). The van der Waals surface area contributed by atoms with Crippen LogP contribution in [0.4, 0.5) is 5.69 Å². The van der Waals surface area contributed by atoms with Crippen molar-refractivity contribution in [3.8, 4) is 0 Å². The third-order valence-electron chi connectivity index (χ3n) is 3.53. The SMILES string of the molecule is Cc1ccc(N2C(=O)CS[C@@H]2c2ccc(Cl)cc2Cl)cc1Cl. The number of benzene rings is 2. The van der Waals surface area contributed by atoms with Gasteiger partial charge in [0.05, 0.1) is 5.75 Å². The predicted molar refractivity (Wildman–Crippen MR) is 95.3 cm³/mol. The lowest BCUT2D eigenvalue weighted by Gasteiger charge is -2.25. The van der Waals surface area contributed by atoms with E-state index < -0.39 is 0 Å². The Morgan fingerprint density at radius 3 is 2.55 bits per heavy atom. The Morgan fingerprint density at radius 1 is 1.09 bits per heavy atom. The van der Waals surface area contributed by atoms with Crippen LogP contribution < -0.4 is 4.90 Å². The zero-order chi connectivity index (χ0) is 15.9. The lowest BCUT2D eigenvalue weighted by molar-refractivity contribution is -0.115. The number of carbonyl (C=O) groups is 1. The molecule has 0 aliphatic carbocycles. The van der Waals surface area contributed by atoms with Gasteiger partial charge in [-0.2, -0.15) is 0 Å². The van der Waals surface area contributed by atoms with Crippen molar-refractivity contribution in [3.05, 3.63) is 62.6 Å². The zero-order valence-corrected chi connectivity index (χ0v) is 14.7. The van der Waals surface area contributed by atoms with Gasteiger partial charge < -0.3 is 0 Å². The third kappa shape index (κ3) is 2.95. The summed E-state index contributed by atoms with van der Waals surface area (Å²) in [4.78, 5) is 14.1. The van der Waals surface area contributed by atoms with Crippen molar-refractivity contribution in [1.29, 1.82) is 0 Å². The van der Waals surface area contributed by atoms with E-state index in [9.17, 15) is 4.79 Å². The van der Waals surface area contributed by atoms with Crippen LogP contribution in [0.25, 0.3) is 0 Å². The van der Waals surface area contributed by atoms with Crippen molar-refractivity contribution in [2.24, 2.45) is 0 Å². The van der Waals surface area contributed by atoms with Crippen molar-refractivity contribution in [2.45, 2.75) is 12.3 Å². The van der Waals surface area contributed by atoms with E-state index in [-0.39, 0.29) is 11.3 Å². The molecular weight excluding hydrogens is 361 g/mol. The minimum Gasteiger partial charge on any atom is -0.295 e. The van der Waals surface area contributed by atoms with Crippen molar-refractivity contribution < 1.29 is 4.79 Å². The Balaban J connectivity index is 2.03. The Kier molecular flexibility index (Phi) is 4.60. The van der Waals surface area contributed by atoms with Gasteiger partial charge in [0.25, 0.3) is 0 Å². The largest absolute Gasteiger partial charge is 0.295 e. The van der Waals surface area contributed by atoms with Crippen molar-refractivity contribution >= 4 is 58.2 Å². The molecule has 1 atom stereocenters. The van der Waals surface area contributed by atoms with E-state index in [4.69, 9.17) is 34.8 Å². The van der Waals surface area contributed by atoms with Gasteiger partial charge in [0.1, 0.15) is 5.37 Å². The van der Waals surface area contributed by atoms with Crippen LogP contribution >= 0.6 is 46.6 Å². The summed E-state index contributed by atoms with van der Waals surface area (Å²) in [6.07, 6.45) is 0. The molecule has 6 heteroatoms. The fourth-order valence-corrected chi connectivity index (χ4v) is 4.33. The summed E-state index contributed by atoms with van der Waals surface area (Å²) >= 11 is 20.0. The Labute approximate surface area is 148 Å². The number of amides is 1. The van der Waals surface area contributed by atoms with E-state index in [0.29, 0.717) is 20.8 Å². The number of nitrogens with zero attached hydrogens (tertiary/aromatic N) is 1. The van der Waals surface area contributed by atoms with E-state index in [1.807, 2.05) is 31.2 Å². The number of rotatable bonds is 2. The molecule has 0 aromatic heterocycles. The van der Waals surface area contributed by atoms with Crippen LogP contribution in [0.15, 0.2) is 36.4 Å². The van der Waals surface area contributed by atoms with E-state index in [2.05, 4.69) is 0 Å². The average Bonchev–Trinajstić information content (AvgIpc) is 2.84. The van der Waals surface area contributed by atoms with Crippen LogP contribution in [-0.2, 0) is 4.79 Å². The van der Waals surface area contributed by atoms with E-state index in [1.165, 1.54) is 0 Å². The summed E-state index contributed by atoms with van der Waals surface area (Å²) in [5.74, 6) is 0.454. The van der Waals surface area contributed by atoms with Crippen LogP contribution in [0, 0.1) is 6.92 Å². The van der Waals surface area contributed by atoms with Gasteiger partial charge in [-0.1, -0.05) is 46.9 Å². The Hall–Kier alpha value is -0.870. The van der Waals surface area contributed by atoms with Gasteiger partial charge in [0.2, 0.25) is 5.91 Å². The number of halogens is 3. The maximum Gasteiger partial charge on any atom is 0.238 e. The summed E-state index contributed by atoms with van der Waals surface area (Å²) in [6.45, 7) is 1.93. The number of carbonyl (C=O) groups excluding carboxylic acids is 1. The molecule has 1 saturated heterocycles. The van der Waals surface area contributed by atoms with Crippen LogP contribution in [0.2, 0.25) is 15.1 Å². The van der Waals surface area contributed by atoms with Gasteiger partial charge in [-0.25, -0.2) is 0 Å². The molecule has 1 aliphatic rings. The highest BCUT2D eigenvalue weighted by molar-refractivity contribution is 8.00. The van der Waals surface area contributed by atoms with Crippen molar-refractivity contribution in [2.75, 3.05) is 10.7 Å². The molecule has 2 aromatic rings. The number of anilines is 1. The quantitative estimate of drug-likeness (QED) is 0.670. The molecule has 1 heterocycles. The van der Waals surface area contributed by atoms with Gasteiger partial charge in [-0.15, -0.1) is 11.8 Å². The summed E-state index contributed by atoms with van der Waals surface area (Å²) in [5.41, 5.74) is 2.63. The van der Waals surface area contributed by atoms with Crippen LogP contribution in [0.1, 0.15) is 16.5 Å². The van der Waals surface area contributed by atoms with Crippen LogP contribution in [0.3, 0.4) is 0 Å². The molecule has 2 nitrogen and oxygen atoms in total. The molecule has 0 N–H and O–H groups in total. The molecule has 0 unspecified atom stereocenters. The maximum absolute atomic E-state index is 12.3. The lowest BCUT2D eigenvalue weighted by atomic mass is 10.1. The first-order chi connectivity index (χ1) is 10.5. The van der Waals surface area contributed by atoms with E-state index in [0.717, 1.165) is 16.8 Å². The molecule has 114 valence electrons. The number of hydrogen-bond acceptors (Lipinski definition) is 2. The fourth-order valence-electron chi connectivity index (χ4n) is 2.37. The first-order valence-electron chi connectivity index (χ1n) is 6.62. The lowest BCUT2D eigenvalue weighted by Crippen LogP contribution is -2.28. The fraction of sp³-hybridized carbons (Fsp3) is 0.188. The summed E-state index contributed by atoms with van der Waals surface area (Å²) < 4.78 is 0. The third-order valence-corrected chi connectivity index (χ3v) is 5.69. The molecule has 0 bridgehead atoms. The van der Waals surface area contributed by atoms with Gasteiger partial charge >= 0.3 is 0 Å². The van der Waals surface area contributed by atoms with Gasteiger partial charge in [-0.05, 0) is 36.8 Å². The Morgan fingerprint density at radius 2 is 1.86 bits per heavy atom. The highest BCUT2D eigenvalue weighted by Crippen LogP contribution is 2.45. The normalized spacial score (nSPS) is 18.1. The number of hydrogen-bond donors (Lipinski definition) is 0. The highest BCUT2D eigenvalue weighted by Gasteiger charge is 2.35. The molecule has 0 radical (unpaired) electrons. The van der Waals surface area contributed by atoms with Crippen molar-refractivity contribution in [3.63, 3.8) is 0 Å². The molecule has 1 aliphatic heterocycles. The van der Waals surface area contributed by atoms with Gasteiger partial charge in [0, 0.05) is 26.3 Å². The molecule has 1 fully saturated rings. The average molecular weight is 373 g/mol. The predicted octanol–water partition coefficient (Wildman–Crippen LogP) is 5.73. The smallest absolute Gasteiger partial charge is 0.238 e. The van der Waals surface area contributed by atoms with Gasteiger partial charge in [0.15, 0.2) is 0 Å². The second kappa shape index (κ2) is 6.32. The molecule has 22 heavy (non-hydrogen) atoms. The topological polar surface area (TPSA) is 20.3 Å². The molecule has 0 saturated carbocycles. The molecule has 0 spiro atoms. The van der Waals surface area contributed by atoms with Crippen molar-refractivity contribution in [1.82, 2.24) is 0 Å². The van der Waals surface area contributed by atoms with Crippen LogP contribution in [-0.4, -0.2) is 11.7 Å². The first kappa shape index (κ1) is 16.0. The van der Waals surface area contributed by atoms with Gasteiger partial charge in [-0.3, -0.25) is 9.69 Å².